The molecule has 0 spiro atoms. The molecule has 0 aromatic rings. The van der Waals surface area contributed by atoms with E-state index in [9.17, 15) is 9.00 Å². The molecule has 2 nitrogen and oxygen atoms in total. The van der Waals surface area contributed by atoms with Crippen LogP contribution in [0.2, 0.25) is 0 Å². The van der Waals surface area contributed by atoms with Gasteiger partial charge in [-0.1, -0.05) is 0 Å². The molecule has 0 saturated heterocycles. The second-order valence-electron chi connectivity index (χ2n) is 0.724. The van der Waals surface area contributed by atoms with E-state index in [1.54, 1.807) is 6.26 Å². The summed E-state index contributed by atoms with van der Waals surface area (Å²) in [4.78, 5) is 9.69. The Bertz CT molecular complexity index is 114. The highest BCUT2D eigenvalue weighted by molar-refractivity contribution is 8.22. The van der Waals surface area contributed by atoms with Crippen LogP contribution in [-0.2, 0) is 16.1 Å². The minimum absolute atomic E-state index is 0.231. The first-order chi connectivity index (χ1) is 3.35. The zero-order valence-corrected chi connectivity index (χ0v) is 5.34. The van der Waals surface area contributed by atoms with E-state index >= 15 is 0 Å². The lowest BCUT2D eigenvalue weighted by Crippen LogP contribution is -1.88. The highest BCUT2D eigenvalue weighted by atomic mass is 32.2. The number of rotatable bonds is 1. The zero-order valence-electron chi connectivity index (χ0n) is 3.71. The minimum atomic E-state index is 0.231. The molecule has 0 atom stereocenters. The molecular weight excluding hydrogens is 132 g/mol. The van der Waals surface area contributed by atoms with E-state index in [2.05, 4.69) is 0 Å². The lowest BCUT2D eigenvalue weighted by molar-refractivity contribution is -0.102. The first kappa shape index (κ1) is 6.91. The largest absolute Gasteiger partial charge is 0.296 e. The summed E-state index contributed by atoms with van der Waals surface area (Å²) in [5.41, 5.74) is 0. The Balaban J connectivity index is 3.86. The van der Waals surface area contributed by atoms with Gasteiger partial charge < -0.3 is 0 Å². The summed E-state index contributed by atoms with van der Waals surface area (Å²) in [5.74, 6) is 0. The summed E-state index contributed by atoms with van der Waals surface area (Å²) in [7, 11) is 0. The molecule has 7 heavy (non-hydrogen) atoms. The number of thioether (sulfide) groups is 1. The molecule has 0 saturated carbocycles. The fourth-order valence-electron chi connectivity index (χ4n) is 0.102. The fourth-order valence-corrected chi connectivity index (χ4v) is 0.509. The topological polar surface area (TPSA) is 34.1 Å². The van der Waals surface area contributed by atoms with Crippen LogP contribution in [0.4, 0.5) is 0 Å². The predicted octanol–water partition coefficient (Wildman–Crippen LogP) is -0.109. The molecule has 4 heteroatoms. The third-order valence-electron chi connectivity index (χ3n) is 0.380. The molecule has 40 valence electrons. The van der Waals surface area contributed by atoms with Crippen LogP contribution < -0.4 is 0 Å². The summed E-state index contributed by atoms with van der Waals surface area (Å²) in [6.45, 7) is 0. The van der Waals surface area contributed by atoms with Crippen LogP contribution >= 0.6 is 11.8 Å². The van der Waals surface area contributed by atoms with Crippen molar-refractivity contribution in [2.45, 2.75) is 0 Å². The second-order valence-corrected chi connectivity index (χ2v) is 2.44. The molecule has 0 aromatic heterocycles. The molecular formula is C3H4O2S2. The molecule has 0 fully saturated rings. The number of carbonyl (C=O) groups excluding carboxylic acids is 1. The van der Waals surface area contributed by atoms with Crippen molar-refractivity contribution in [3.8, 4) is 0 Å². The standard InChI is InChI=1S/C3H4O2S2/c1-6-3(2-4)7-5/h2H,1H3. The van der Waals surface area contributed by atoms with Gasteiger partial charge >= 0.3 is 0 Å². The highest BCUT2D eigenvalue weighted by Crippen LogP contribution is 1.88. The normalized spacial score (nSPS) is 7.57. The van der Waals surface area contributed by atoms with Crippen molar-refractivity contribution in [1.29, 1.82) is 0 Å². The van der Waals surface area contributed by atoms with E-state index in [-0.39, 0.29) is 15.5 Å². The van der Waals surface area contributed by atoms with E-state index in [1.807, 2.05) is 0 Å². The first-order valence-corrected chi connectivity index (χ1v) is 3.47. The molecule has 0 bridgehead atoms. The Hall–Kier alpha value is -0.0900. The lowest BCUT2D eigenvalue weighted by atomic mass is 10.9. The van der Waals surface area contributed by atoms with Gasteiger partial charge in [0.05, 0.1) is 0 Å². The third kappa shape index (κ3) is 2.59. The second kappa shape index (κ2) is 4.08. The van der Waals surface area contributed by atoms with Gasteiger partial charge in [-0.15, -0.1) is 11.8 Å². The average Bonchev–Trinajstić information content (AvgIpc) is 1.72. The smallest absolute Gasteiger partial charge is 0.169 e. The van der Waals surface area contributed by atoms with Crippen molar-refractivity contribution in [1.82, 2.24) is 0 Å². The molecule has 0 aliphatic heterocycles. The molecule has 0 radical (unpaired) electrons. The van der Waals surface area contributed by atoms with Crippen molar-refractivity contribution in [3.63, 3.8) is 0 Å². The Morgan fingerprint density at radius 2 is 2.29 bits per heavy atom. The van der Waals surface area contributed by atoms with E-state index < -0.39 is 0 Å². The summed E-state index contributed by atoms with van der Waals surface area (Å²) < 4.78 is 10.00. The molecule has 0 heterocycles. The van der Waals surface area contributed by atoms with Crippen LogP contribution in [0.5, 0.6) is 0 Å². The number of aldehydes is 1. The van der Waals surface area contributed by atoms with E-state index in [0.29, 0.717) is 6.29 Å². The summed E-state index contributed by atoms with van der Waals surface area (Å²) >= 11 is 1.40. The maximum absolute atomic E-state index is 9.72. The van der Waals surface area contributed by atoms with Crippen LogP contribution in [0.15, 0.2) is 0 Å². The molecule has 0 aromatic carbocycles. The Kier molecular flexibility index (Phi) is 4.03. The van der Waals surface area contributed by atoms with E-state index in [1.165, 1.54) is 11.8 Å². The monoisotopic (exact) mass is 136 g/mol. The van der Waals surface area contributed by atoms with Gasteiger partial charge in [-0.3, -0.25) is 4.79 Å². The van der Waals surface area contributed by atoms with Crippen LogP contribution in [0.1, 0.15) is 0 Å². The van der Waals surface area contributed by atoms with Gasteiger partial charge in [-0.2, -0.15) is 0 Å². The fraction of sp³-hybridized carbons (Fsp3) is 0.333. The zero-order chi connectivity index (χ0) is 5.70. The number of carbonyl (C=O) groups is 1. The molecule has 0 unspecified atom stereocenters. The Morgan fingerprint density at radius 3 is 2.29 bits per heavy atom. The van der Waals surface area contributed by atoms with Crippen molar-refractivity contribution in [3.05, 3.63) is 0 Å². The summed E-state index contributed by atoms with van der Waals surface area (Å²) in [5, 5.41) is 0. The van der Waals surface area contributed by atoms with Gasteiger partial charge in [0.1, 0.15) is 15.5 Å². The van der Waals surface area contributed by atoms with Gasteiger partial charge in [-0.05, 0) is 6.26 Å². The molecule has 0 aliphatic rings. The van der Waals surface area contributed by atoms with Gasteiger partial charge in [0.25, 0.3) is 0 Å². The van der Waals surface area contributed by atoms with E-state index in [0.717, 1.165) is 0 Å². The van der Waals surface area contributed by atoms with Crippen molar-refractivity contribution < 1.29 is 9.00 Å². The highest BCUT2D eigenvalue weighted by Gasteiger charge is 1.86. The van der Waals surface area contributed by atoms with Gasteiger partial charge in [0, 0.05) is 0 Å². The molecule has 0 rings (SSSR count). The van der Waals surface area contributed by atoms with Gasteiger partial charge in [0.15, 0.2) is 6.29 Å². The van der Waals surface area contributed by atoms with Gasteiger partial charge in [-0.25, -0.2) is 4.21 Å². The Morgan fingerprint density at radius 1 is 1.71 bits per heavy atom. The van der Waals surface area contributed by atoms with Crippen LogP contribution in [-0.4, -0.2) is 20.9 Å². The SMILES string of the molecule is CSC(C=O)=S=O. The van der Waals surface area contributed by atoms with Gasteiger partial charge in [0.2, 0.25) is 0 Å². The van der Waals surface area contributed by atoms with Crippen LogP contribution in [0.25, 0.3) is 0 Å². The third-order valence-corrected chi connectivity index (χ3v) is 1.84. The molecule has 0 amide bonds. The van der Waals surface area contributed by atoms with Crippen LogP contribution in [0, 0.1) is 0 Å². The Labute approximate surface area is 49.4 Å². The van der Waals surface area contributed by atoms with Crippen molar-refractivity contribution in [2.75, 3.05) is 6.26 Å². The maximum atomic E-state index is 9.72. The maximum Gasteiger partial charge on any atom is 0.169 e. The molecule has 0 aliphatic carbocycles. The first-order valence-electron chi connectivity index (χ1n) is 1.51. The summed E-state index contributed by atoms with van der Waals surface area (Å²) in [6.07, 6.45) is 2.25. The van der Waals surface area contributed by atoms with E-state index in [4.69, 9.17) is 0 Å². The molecule has 0 N–H and O–H groups in total. The summed E-state index contributed by atoms with van der Waals surface area (Å²) in [6, 6.07) is 0. The predicted molar refractivity (Wildman–Crippen MR) is 32.7 cm³/mol. The quantitative estimate of drug-likeness (QED) is 0.372. The minimum Gasteiger partial charge on any atom is -0.296 e. The van der Waals surface area contributed by atoms with Crippen molar-refractivity contribution >= 4 is 33.5 Å². The van der Waals surface area contributed by atoms with Crippen molar-refractivity contribution in [2.24, 2.45) is 0 Å². The number of hydrogen-bond acceptors (Lipinski definition) is 3. The number of hydrogen-bond donors (Lipinski definition) is 0. The van der Waals surface area contributed by atoms with Crippen LogP contribution in [0.3, 0.4) is 0 Å². The average molecular weight is 136 g/mol. The lowest BCUT2D eigenvalue weighted by Gasteiger charge is -1.75.